The van der Waals surface area contributed by atoms with Gasteiger partial charge in [0.2, 0.25) is 0 Å². The van der Waals surface area contributed by atoms with Crippen molar-refractivity contribution in [2.75, 3.05) is 18.5 Å². The van der Waals surface area contributed by atoms with Crippen LogP contribution in [0.2, 0.25) is 0 Å². The number of rotatable bonds is 7. The van der Waals surface area contributed by atoms with E-state index in [1.54, 1.807) is 24.5 Å². The van der Waals surface area contributed by atoms with Gasteiger partial charge in [0.05, 0.1) is 12.8 Å². The van der Waals surface area contributed by atoms with Crippen LogP contribution in [0.1, 0.15) is 36.0 Å². The molecule has 0 radical (unpaired) electrons. The highest BCUT2D eigenvalue weighted by atomic mass is 16.3. The summed E-state index contributed by atoms with van der Waals surface area (Å²) < 4.78 is 5.15. The Morgan fingerprint density at radius 1 is 1.33 bits per heavy atom. The maximum Gasteiger partial charge on any atom is 0.272 e. The first-order valence-electron chi connectivity index (χ1n) is 7.06. The molecule has 0 bridgehead atoms. The number of aromatic nitrogens is 2. The highest BCUT2D eigenvalue weighted by Crippen LogP contribution is 2.08. The molecule has 2 aromatic rings. The molecule has 21 heavy (non-hydrogen) atoms. The van der Waals surface area contributed by atoms with Crippen molar-refractivity contribution in [2.24, 2.45) is 0 Å². The summed E-state index contributed by atoms with van der Waals surface area (Å²) in [7, 11) is 1.97. The van der Waals surface area contributed by atoms with Crippen LogP contribution in [0.5, 0.6) is 0 Å². The van der Waals surface area contributed by atoms with Crippen LogP contribution in [0.3, 0.4) is 0 Å². The Labute approximate surface area is 124 Å². The first-order chi connectivity index (χ1) is 10.2. The van der Waals surface area contributed by atoms with E-state index < -0.39 is 0 Å². The molecule has 0 unspecified atom stereocenters. The monoisotopic (exact) mass is 288 g/mol. The highest BCUT2D eigenvalue weighted by Gasteiger charge is 2.10. The molecule has 0 aromatic carbocycles. The van der Waals surface area contributed by atoms with Gasteiger partial charge in [-0.25, -0.2) is 0 Å². The number of nitrogens with zero attached hydrogens (tertiary/aromatic N) is 3. The molecule has 0 fully saturated rings. The zero-order chi connectivity index (χ0) is 15.1. The van der Waals surface area contributed by atoms with E-state index in [9.17, 15) is 4.79 Å². The van der Waals surface area contributed by atoms with Crippen LogP contribution in [0, 0.1) is 0 Å². The largest absolute Gasteiger partial charge is 0.467 e. The lowest BCUT2D eigenvalue weighted by Gasteiger charge is -2.16. The Kier molecular flexibility index (Phi) is 5.31. The number of anilines is 1. The van der Waals surface area contributed by atoms with E-state index >= 15 is 0 Å². The molecule has 0 spiro atoms. The summed E-state index contributed by atoms with van der Waals surface area (Å²) in [6.07, 6.45) is 3.80. The zero-order valence-electron chi connectivity index (χ0n) is 12.4. The van der Waals surface area contributed by atoms with E-state index in [0.29, 0.717) is 18.0 Å². The molecule has 0 aliphatic heterocycles. The number of carbonyl (C=O) groups is 1. The predicted molar refractivity (Wildman–Crippen MR) is 80.1 cm³/mol. The van der Waals surface area contributed by atoms with Crippen LogP contribution in [0.4, 0.5) is 5.82 Å². The summed E-state index contributed by atoms with van der Waals surface area (Å²) in [4.78, 5) is 14.0. The van der Waals surface area contributed by atoms with Gasteiger partial charge in [-0.2, -0.15) is 0 Å². The van der Waals surface area contributed by atoms with Crippen molar-refractivity contribution in [3.8, 4) is 0 Å². The van der Waals surface area contributed by atoms with Crippen molar-refractivity contribution in [3.63, 3.8) is 0 Å². The number of furan rings is 1. The number of nitrogens with one attached hydrogen (secondary N) is 1. The van der Waals surface area contributed by atoms with Gasteiger partial charge in [0.25, 0.3) is 5.91 Å². The third kappa shape index (κ3) is 4.30. The predicted octanol–water partition coefficient (Wildman–Crippen LogP) is 2.24. The standard InChI is InChI=1S/C15H20N4O2/c1-3-4-9-19(2)14-8-7-13(17-18-14)15(20)16-11-12-6-5-10-21-12/h5-8,10H,3-4,9,11H2,1-2H3,(H,16,20). The molecule has 0 aliphatic carbocycles. The van der Waals surface area contributed by atoms with Gasteiger partial charge in [0, 0.05) is 13.6 Å². The van der Waals surface area contributed by atoms with Crippen LogP contribution in [0.25, 0.3) is 0 Å². The van der Waals surface area contributed by atoms with Gasteiger partial charge in [-0.1, -0.05) is 13.3 Å². The van der Waals surface area contributed by atoms with Gasteiger partial charge in [-0.3, -0.25) is 4.79 Å². The van der Waals surface area contributed by atoms with E-state index in [-0.39, 0.29) is 5.91 Å². The number of hydrogen-bond donors (Lipinski definition) is 1. The molecule has 0 atom stereocenters. The van der Waals surface area contributed by atoms with Crippen LogP contribution >= 0.6 is 0 Å². The molecule has 2 rings (SSSR count). The van der Waals surface area contributed by atoms with Crippen molar-refractivity contribution in [3.05, 3.63) is 42.0 Å². The number of carbonyl (C=O) groups excluding carboxylic acids is 1. The van der Waals surface area contributed by atoms with Gasteiger partial charge >= 0.3 is 0 Å². The Balaban J connectivity index is 1.90. The number of unbranched alkanes of at least 4 members (excludes halogenated alkanes) is 1. The summed E-state index contributed by atoms with van der Waals surface area (Å²) in [5.74, 6) is 1.21. The Hall–Kier alpha value is -2.37. The van der Waals surface area contributed by atoms with E-state index in [4.69, 9.17) is 4.42 Å². The lowest BCUT2D eigenvalue weighted by Crippen LogP contribution is -2.25. The van der Waals surface area contributed by atoms with E-state index in [0.717, 1.165) is 25.2 Å². The van der Waals surface area contributed by atoms with E-state index in [1.165, 1.54) is 0 Å². The minimum atomic E-state index is -0.262. The maximum absolute atomic E-state index is 11.9. The normalized spacial score (nSPS) is 10.4. The fraction of sp³-hybridized carbons (Fsp3) is 0.400. The molecule has 0 saturated carbocycles. The molecule has 2 heterocycles. The van der Waals surface area contributed by atoms with E-state index in [1.807, 2.05) is 18.0 Å². The Morgan fingerprint density at radius 3 is 2.81 bits per heavy atom. The minimum absolute atomic E-state index is 0.262. The van der Waals surface area contributed by atoms with Crippen LogP contribution in [-0.2, 0) is 6.54 Å². The lowest BCUT2D eigenvalue weighted by molar-refractivity contribution is 0.0942. The van der Waals surface area contributed by atoms with E-state index in [2.05, 4.69) is 22.4 Å². The smallest absolute Gasteiger partial charge is 0.272 e. The summed E-state index contributed by atoms with van der Waals surface area (Å²) in [5, 5.41) is 10.8. The molecule has 2 aromatic heterocycles. The summed E-state index contributed by atoms with van der Waals surface area (Å²) in [6.45, 7) is 3.41. The van der Waals surface area contributed by atoms with Crippen molar-refractivity contribution in [1.29, 1.82) is 0 Å². The maximum atomic E-state index is 11.9. The number of amides is 1. The first-order valence-corrected chi connectivity index (χ1v) is 7.06. The Morgan fingerprint density at radius 2 is 2.19 bits per heavy atom. The van der Waals surface area contributed by atoms with Crippen LogP contribution in [-0.4, -0.2) is 29.7 Å². The molecule has 1 N–H and O–H groups in total. The summed E-state index contributed by atoms with van der Waals surface area (Å²) >= 11 is 0. The molecular weight excluding hydrogens is 268 g/mol. The van der Waals surface area contributed by atoms with Crippen molar-refractivity contribution < 1.29 is 9.21 Å². The fourth-order valence-corrected chi connectivity index (χ4v) is 1.83. The molecule has 112 valence electrons. The van der Waals surface area contributed by atoms with Gasteiger partial charge in [-0.05, 0) is 30.7 Å². The highest BCUT2D eigenvalue weighted by molar-refractivity contribution is 5.92. The lowest BCUT2D eigenvalue weighted by atomic mass is 10.3. The molecule has 0 saturated heterocycles. The SMILES string of the molecule is CCCCN(C)c1ccc(C(=O)NCc2ccco2)nn1. The molecule has 0 aliphatic rings. The fourth-order valence-electron chi connectivity index (χ4n) is 1.83. The Bertz CT molecular complexity index is 552. The third-order valence-corrected chi connectivity index (χ3v) is 3.12. The van der Waals surface area contributed by atoms with Gasteiger partial charge in [0.1, 0.15) is 5.76 Å². The average Bonchev–Trinajstić information content (AvgIpc) is 3.04. The molecule has 1 amide bonds. The van der Waals surface area contributed by atoms with Gasteiger partial charge < -0.3 is 14.6 Å². The molecule has 6 nitrogen and oxygen atoms in total. The second-order valence-electron chi connectivity index (χ2n) is 4.81. The van der Waals surface area contributed by atoms with Gasteiger partial charge in [0.15, 0.2) is 11.5 Å². The number of hydrogen-bond acceptors (Lipinski definition) is 5. The average molecular weight is 288 g/mol. The summed E-state index contributed by atoms with van der Waals surface area (Å²) in [6, 6.07) is 7.08. The van der Waals surface area contributed by atoms with Crippen LogP contribution in [0.15, 0.2) is 34.9 Å². The van der Waals surface area contributed by atoms with Crippen molar-refractivity contribution in [2.45, 2.75) is 26.3 Å². The quantitative estimate of drug-likeness (QED) is 0.846. The molecule has 6 heteroatoms. The second-order valence-corrected chi connectivity index (χ2v) is 4.81. The minimum Gasteiger partial charge on any atom is -0.467 e. The zero-order valence-corrected chi connectivity index (χ0v) is 12.4. The first kappa shape index (κ1) is 15.0. The van der Waals surface area contributed by atoms with Crippen molar-refractivity contribution in [1.82, 2.24) is 15.5 Å². The van der Waals surface area contributed by atoms with Crippen molar-refractivity contribution >= 4 is 11.7 Å². The summed E-state index contributed by atoms with van der Waals surface area (Å²) in [5.41, 5.74) is 0.300. The molecular formula is C15H20N4O2. The van der Waals surface area contributed by atoms with Crippen LogP contribution < -0.4 is 10.2 Å². The topological polar surface area (TPSA) is 71.3 Å². The second kappa shape index (κ2) is 7.42. The third-order valence-electron chi connectivity index (χ3n) is 3.12. The van der Waals surface area contributed by atoms with Gasteiger partial charge in [-0.15, -0.1) is 10.2 Å².